The van der Waals surface area contributed by atoms with E-state index in [0.29, 0.717) is 13.1 Å². The van der Waals surface area contributed by atoms with E-state index >= 15 is 0 Å². The van der Waals surface area contributed by atoms with E-state index in [0.717, 1.165) is 37.8 Å². The van der Waals surface area contributed by atoms with E-state index in [1.807, 2.05) is 23.1 Å². The predicted octanol–water partition coefficient (Wildman–Crippen LogP) is 2.26. The Kier molecular flexibility index (Phi) is 4.46. The van der Waals surface area contributed by atoms with Gasteiger partial charge in [-0.25, -0.2) is 0 Å². The van der Waals surface area contributed by atoms with E-state index in [1.165, 1.54) is 5.56 Å². The van der Waals surface area contributed by atoms with Crippen molar-refractivity contribution in [2.75, 3.05) is 13.1 Å². The number of likely N-dealkylation sites (tertiary alicyclic amines) is 1. The Morgan fingerprint density at radius 1 is 1.18 bits per heavy atom. The molecule has 1 aromatic rings. The van der Waals surface area contributed by atoms with E-state index in [2.05, 4.69) is 18.3 Å². The van der Waals surface area contributed by atoms with Gasteiger partial charge in [0.05, 0.1) is 5.92 Å². The van der Waals surface area contributed by atoms with Crippen molar-refractivity contribution < 1.29 is 9.59 Å². The van der Waals surface area contributed by atoms with Gasteiger partial charge in [0.15, 0.2) is 0 Å². The van der Waals surface area contributed by atoms with Crippen LogP contribution in [0.4, 0.5) is 0 Å². The molecule has 118 valence electrons. The summed E-state index contributed by atoms with van der Waals surface area (Å²) in [5.74, 6) is 0.530. The number of piperidine rings is 1. The summed E-state index contributed by atoms with van der Waals surface area (Å²) in [7, 11) is 0. The minimum atomic E-state index is -0.0551. The summed E-state index contributed by atoms with van der Waals surface area (Å²) in [6.07, 6.45) is 3.87. The van der Waals surface area contributed by atoms with Crippen molar-refractivity contribution in [3.8, 4) is 0 Å². The molecule has 4 nitrogen and oxygen atoms in total. The number of carbonyl (C=O) groups is 2. The molecule has 1 atom stereocenters. The first-order chi connectivity index (χ1) is 10.6. The zero-order valence-electron chi connectivity index (χ0n) is 13.2. The Morgan fingerprint density at radius 3 is 2.68 bits per heavy atom. The molecule has 0 radical (unpaired) electrons. The van der Waals surface area contributed by atoms with Crippen LogP contribution in [-0.4, -0.2) is 29.8 Å². The van der Waals surface area contributed by atoms with Gasteiger partial charge in [0.1, 0.15) is 0 Å². The number of aryl methyl sites for hydroxylation is 1. The Labute approximate surface area is 131 Å². The molecule has 1 unspecified atom stereocenters. The summed E-state index contributed by atoms with van der Waals surface area (Å²) in [5, 5.41) is 3.04. The first-order valence-electron chi connectivity index (χ1n) is 8.26. The monoisotopic (exact) mass is 300 g/mol. The lowest BCUT2D eigenvalue weighted by Crippen LogP contribution is -2.45. The van der Waals surface area contributed by atoms with Crippen LogP contribution in [-0.2, 0) is 16.1 Å². The second-order valence-corrected chi connectivity index (χ2v) is 6.54. The number of nitrogens with one attached hydrogen (secondary N) is 1. The van der Waals surface area contributed by atoms with Crippen LogP contribution in [0.25, 0.3) is 0 Å². The highest BCUT2D eigenvalue weighted by Gasteiger charge is 2.36. The van der Waals surface area contributed by atoms with Crippen LogP contribution in [0.15, 0.2) is 24.3 Å². The third kappa shape index (κ3) is 3.49. The van der Waals surface area contributed by atoms with Crippen molar-refractivity contribution in [1.29, 1.82) is 0 Å². The molecule has 0 aromatic heterocycles. The van der Waals surface area contributed by atoms with Gasteiger partial charge >= 0.3 is 0 Å². The van der Waals surface area contributed by atoms with E-state index in [-0.39, 0.29) is 23.7 Å². The molecule has 22 heavy (non-hydrogen) atoms. The minimum absolute atomic E-state index is 0.0551. The molecule has 1 N–H and O–H groups in total. The van der Waals surface area contributed by atoms with Crippen LogP contribution in [0.3, 0.4) is 0 Å². The number of hydrogen-bond acceptors (Lipinski definition) is 2. The Hall–Kier alpha value is -1.84. The molecule has 2 fully saturated rings. The van der Waals surface area contributed by atoms with Gasteiger partial charge in [0.2, 0.25) is 11.8 Å². The van der Waals surface area contributed by atoms with Crippen LogP contribution in [0.1, 0.15) is 36.8 Å². The van der Waals surface area contributed by atoms with Gasteiger partial charge in [-0.15, -0.1) is 0 Å². The van der Waals surface area contributed by atoms with Gasteiger partial charge < -0.3 is 10.2 Å². The number of rotatable bonds is 4. The zero-order chi connectivity index (χ0) is 15.5. The fourth-order valence-corrected chi connectivity index (χ4v) is 3.11. The molecule has 4 heteroatoms. The van der Waals surface area contributed by atoms with E-state index in [9.17, 15) is 9.59 Å². The number of carbonyl (C=O) groups excluding carboxylic acids is 2. The molecule has 0 bridgehead atoms. The van der Waals surface area contributed by atoms with Crippen LogP contribution < -0.4 is 5.32 Å². The zero-order valence-corrected chi connectivity index (χ0v) is 13.2. The summed E-state index contributed by atoms with van der Waals surface area (Å²) in [6.45, 7) is 4.03. The molecule has 1 aromatic carbocycles. The first kappa shape index (κ1) is 15.1. The average molecular weight is 300 g/mol. The molecule has 2 amide bonds. The summed E-state index contributed by atoms with van der Waals surface area (Å²) in [5.41, 5.74) is 2.34. The van der Waals surface area contributed by atoms with Crippen molar-refractivity contribution in [2.45, 2.75) is 39.2 Å². The standard InChI is InChI=1S/C18H24N2O2/c1-13-5-2-3-6-15(13)11-19-17(21)16-7-4-10-20(12-16)18(22)14-8-9-14/h2-3,5-6,14,16H,4,7-12H2,1H3,(H,19,21). The average Bonchev–Trinajstić information content (AvgIpc) is 3.38. The second-order valence-electron chi connectivity index (χ2n) is 6.54. The second kappa shape index (κ2) is 6.51. The normalized spacial score (nSPS) is 21.5. The summed E-state index contributed by atoms with van der Waals surface area (Å²) < 4.78 is 0. The maximum atomic E-state index is 12.4. The van der Waals surface area contributed by atoms with Crippen molar-refractivity contribution in [3.05, 3.63) is 35.4 Å². The van der Waals surface area contributed by atoms with Gasteiger partial charge in [-0.3, -0.25) is 9.59 Å². The maximum Gasteiger partial charge on any atom is 0.225 e. The van der Waals surface area contributed by atoms with Gasteiger partial charge in [-0.1, -0.05) is 24.3 Å². The van der Waals surface area contributed by atoms with Crippen LogP contribution >= 0.6 is 0 Å². The smallest absolute Gasteiger partial charge is 0.225 e. The molecule has 1 aliphatic heterocycles. The maximum absolute atomic E-state index is 12.4. The quantitative estimate of drug-likeness (QED) is 0.927. The lowest BCUT2D eigenvalue weighted by atomic mass is 9.96. The lowest BCUT2D eigenvalue weighted by molar-refractivity contribution is -0.136. The lowest BCUT2D eigenvalue weighted by Gasteiger charge is -2.32. The van der Waals surface area contributed by atoms with Crippen molar-refractivity contribution >= 4 is 11.8 Å². The van der Waals surface area contributed by atoms with Gasteiger partial charge in [-0.2, -0.15) is 0 Å². The van der Waals surface area contributed by atoms with E-state index in [4.69, 9.17) is 0 Å². The number of benzene rings is 1. The number of hydrogen-bond donors (Lipinski definition) is 1. The Morgan fingerprint density at radius 2 is 1.95 bits per heavy atom. The SMILES string of the molecule is Cc1ccccc1CNC(=O)C1CCCN(C(=O)C2CC2)C1. The molecule has 0 spiro atoms. The highest BCUT2D eigenvalue weighted by Crippen LogP contribution is 2.32. The third-order valence-corrected chi connectivity index (χ3v) is 4.74. The van der Waals surface area contributed by atoms with Crippen molar-refractivity contribution in [2.24, 2.45) is 11.8 Å². The summed E-state index contributed by atoms with van der Waals surface area (Å²) in [6, 6.07) is 8.09. The Balaban J connectivity index is 1.53. The number of nitrogens with zero attached hydrogens (tertiary/aromatic N) is 1. The summed E-state index contributed by atoms with van der Waals surface area (Å²) in [4.78, 5) is 26.4. The molecule has 3 rings (SSSR count). The number of amides is 2. The fourth-order valence-electron chi connectivity index (χ4n) is 3.11. The molecular formula is C18H24N2O2. The molecule has 1 saturated heterocycles. The van der Waals surface area contributed by atoms with E-state index in [1.54, 1.807) is 0 Å². The van der Waals surface area contributed by atoms with Crippen LogP contribution in [0.2, 0.25) is 0 Å². The van der Waals surface area contributed by atoms with Crippen LogP contribution in [0.5, 0.6) is 0 Å². The van der Waals surface area contributed by atoms with Crippen molar-refractivity contribution in [1.82, 2.24) is 10.2 Å². The minimum Gasteiger partial charge on any atom is -0.352 e. The fraction of sp³-hybridized carbons (Fsp3) is 0.556. The largest absolute Gasteiger partial charge is 0.352 e. The summed E-state index contributed by atoms with van der Waals surface area (Å²) >= 11 is 0. The van der Waals surface area contributed by atoms with Gasteiger partial charge in [-0.05, 0) is 43.7 Å². The molecule has 1 saturated carbocycles. The van der Waals surface area contributed by atoms with Crippen LogP contribution in [0, 0.1) is 18.8 Å². The molecule has 1 aliphatic carbocycles. The molecule has 2 aliphatic rings. The Bertz CT molecular complexity index is 566. The van der Waals surface area contributed by atoms with Crippen molar-refractivity contribution in [3.63, 3.8) is 0 Å². The van der Waals surface area contributed by atoms with E-state index < -0.39 is 0 Å². The molecule has 1 heterocycles. The molecular weight excluding hydrogens is 276 g/mol. The topological polar surface area (TPSA) is 49.4 Å². The van der Waals surface area contributed by atoms with Gasteiger partial charge in [0, 0.05) is 25.6 Å². The highest BCUT2D eigenvalue weighted by molar-refractivity contribution is 5.83. The predicted molar refractivity (Wildman–Crippen MR) is 85.1 cm³/mol. The van der Waals surface area contributed by atoms with Gasteiger partial charge in [0.25, 0.3) is 0 Å². The third-order valence-electron chi connectivity index (χ3n) is 4.74. The highest BCUT2D eigenvalue weighted by atomic mass is 16.2. The first-order valence-corrected chi connectivity index (χ1v) is 8.26.